The van der Waals surface area contributed by atoms with Crippen LogP contribution in [0.2, 0.25) is 10.0 Å². The maximum Gasteiger partial charge on any atom is 0.251 e. The van der Waals surface area contributed by atoms with Crippen molar-refractivity contribution in [2.24, 2.45) is 0 Å². The molecule has 1 aromatic rings. The SMILES string of the molecule is CC(C)(CCl)NC(=O)c1ccc(Cl)c(Cl)c1. The van der Waals surface area contributed by atoms with Gasteiger partial charge in [-0.25, -0.2) is 0 Å². The second kappa shape index (κ2) is 5.26. The molecular weight excluding hydrogens is 268 g/mol. The molecule has 0 aromatic heterocycles. The molecule has 0 aliphatic carbocycles. The molecule has 16 heavy (non-hydrogen) atoms. The molecule has 0 aliphatic heterocycles. The second-order valence-corrected chi connectivity index (χ2v) is 5.18. The number of hydrogen-bond donors (Lipinski definition) is 1. The summed E-state index contributed by atoms with van der Waals surface area (Å²) in [6, 6.07) is 4.74. The first-order chi connectivity index (χ1) is 7.35. The van der Waals surface area contributed by atoms with Gasteiger partial charge in [0.1, 0.15) is 0 Å². The van der Waals surface area contributed by atoms with Crippen molar-refractivity contribution in [1.82, 2.24) is 5.32 Å². The van der Waals surface area contributed by atoms with E-state index in [2.05, 4.69) is 5.32 Å². The molecular formula is C11H12Cl3NO. The van der Waals surface area contributed by atoms with Crippen LogP contribution in [0.5, 0.6) is 0 Å². The highest BCUT2D eigenvalue weighted by Gasteiger charge is 2.20. The fourth-order valence-corrected chi connectivity index (χ4v) is 1.42. The average molecular weight is 281 g/mol. The fraction of sp³-hybridized carbons (Fsp3) is 0.364. The van der Waals surface area contributed by atoms with Gasteiger partial charge < -0.3 is 5.32 Å². The molecule has 1 N–H and O–H groups in total. The largest absolute Gasteiger partial charge is 0.346 e. The summed E-state index contributed by atoms with van der Waals surface area (Å²) in [7, 11) is 0. The van der Waals surface area contributed by atoms with Gasteiger partial charge in [-0.05, 0) is 32.0 Å². The highest BCUT2D eigenvalue weighted by molar-refractivity contribution is 6.42. The van der Waals surface area contributed by atoms with Crippen LogP contribution in [0, 0.1) is 0 Å². The molecule has 0 saturated heterocycles. The number of nitrogens with one attached hydrogen (secondary N) is 1. The lowest BCUT2D eigenvalue weighted by molar-refractivity contribution is 0.0920. The molecule has 0 fully saturated rings. The highest BCUT2D eigenvalue weighted by atomic mass is 35.5. The Hall–Kier alpha value is -0.440. The predicted octanol–water partition coefficient (Wildman–Crippen LogP) is 3.74. The van der Waals surface area contributed by atoms with Gasteiger partial charge in [0.2, 0.25) is 0 Å². The van der Waals surface area contributed by atoms with E-state index in [1.54, 1.807) is 12.1 Å². The van der Waals surface area contributed by atoms with Crippen LogP contribution in [-0.2, 0) is 0 Å². The number of hydrogen-bond acceptors (Lipinski definition) is 1. The van der Waals surface area contributed by atoms with Crippen molar-refractivity contribution in [3.63, 3.8) is 0 Å². The Kier molecular flexibility index (Phi) is 4.48. The summed E-state index contributed by atoms with van der Waals surface area (Å²) in [6.45, 7) is 3.69. The lowest BCUT2D eigenvalue weighted by Gasteiger charge is -2.23. The molecule has 1 amide bonds. The van der Waals surface area contributed by atoms with Gasteiger partial charge in [0.05, 0.1) is 10.0 Å². The predicted molar refractivity (Wildman–Crippen MR) is 68.7 cm³/mol. The Labute approximate surface area is 110 Å². The standard InChI is InChI=1S/C11H12Cl3NO/c1-11(2,6-12)15-10(16)7-3-4-8(13)9(14)5-7/h3-5H,6H2,1-2H3,(H,15,16). The van der Waals surface area contributed by atoms with Gasteiger partial charge in [0.15, 0.2) is 0 Å². The third kappa shape index (κ3) is 3.55. The summed E-state index contributed by atoms with van der Waals surface area (Å²) in [5, 5.41) is 3.58. The van der Waals surface area contributed by atoms with E-state index < -0.39 is 5.54 Å². The van der Waals surface area contributed by atoms with E-state index >= 15 is 0 Å². The van der Waals surface area contributed by atoms with Crippen LogP contribution >= 0.6 is 34.8 Å². The number of rotatable bonds is 3. The smallest absolute Gasteiger partial charge is 0.251 e. The van der Waals surface area contributed by atoms with E-state index in [1.807, 2.05) is 13.8 Å². The first kappa shape index (κ1) is 13.6. The van der Waals surface area contributed by atoms with Crippen LogP contribution < -0.4 is 5.32 Å². The second-order valence-electron chi connectivity index (χ2n) is 4.10. The lowest BCUT2D eigenvalue weighted by atomic mass is 10.1. The third-order valence-corrected chi connectivity index (χ3v) is 3.37. The Balaban J connectivity index is 2.85. The molecule has 0 radical (unpaired) electrons. The van der Waals surface area contributed by atoms with Crippen molar-refractivity contribution < 1.29 is 4.79 Å². The zero-order valence-electron chi connectivity index (χ0n) is 8.98. The lowest BCUT2D eigenvalue weighted by Crippen LogP contribution is -2.44. The Bertz CT molecular complexity index is 404. The van der Waals surface area contributed by atoms with E-state index in [4.69, 9.17) is 34.8 Å². The van der Waals surface area contributed by atoms with Crippen molar-refractivity contribution in [1.29, 1.82) is 0 Å². The molecule has 88 valence electrons. The van der Waals surface area contributed by atoms with Crippen molar-refractivity contribution in [2.75, 3.05) is 5.88 Å². The summed E-state index contributed by atoms with van der Waals surface area (Å²) < 4.78 is 0. The number of carbonyl (C=O) groups excluding carboxylic acids is 1. The van der Waals surface area contributed by atoms with Crippen LogP contribution in [0.3, 0.4) is 0 Å². The molecule has 0 atom stereocenters. The average Bonchev–Trinajstić information content (AvgIpc) is 2.21. The Morgan fingerprint density at radius 1 is 1.31 bits per heavy atom. The molecule has 0 saturated carbocycles. The minimum Gasteiger partial charge on any atom is -0.346 e. The third-order valence-electron chi connectivity index (χ3n) is 1.97. The van der Waals surface area contributed by atoms with Gasteiger partial charge in [0, 0.05) is 17.0 Å². The Morgan fingerprint density at radius 2 is 1.94 bits per heavy atom. The summed E-state index contributed by atoms with van der Waals surface area (Å²) in [5.41, 5.74) is 0.0117. The van der Waals surface area contributed by atoms with Gasteiger partial charge in [-0.15, -0.1) is 11.6 Å². The number of carbonyl (C=O) groups is 1. The maximum absolute atomic E-state index is 11.8. The van der Waals surface area contributed by atoms with Gasteiger partial charge >= 0.3 is 0 Å². The summed E-state index contributed by atoms with van der Waals surface area (Å²) in [4.78, 5) is 11.8. The normalized spacial score (nSPS) is 11.3. The number of halogens is 3. The molecule has 0 unspecified atom stereocenters. The first-order valence-electron chi connectivity index (χ1n) is 4.69. The summed E-state index contributed by atoms with van der Waals surface area (Å²) in [5.74, 6) is 0.115. The van der Waals surface area contributed by atoms with E-state index in [0.717, 1.165) is 0 Å². The molecule has 1 rings (SSSR count). The minimum atomic E-state index is -0.454. The van der Waals surface area contributed by atoms with E-state index in [1.165, 1.54) is 6.07 Å². The molecule has 1 aromatic carbocycles. The quantitative estimate of drug-likeness (QED) is 0.840. The van der Waals surface area contributed by atoms with Crippen LogP contribution in [0.1, 0.15) is 24.2 Å². The topological polar surface area (TPSA) is 29.1 Å². The van der Waals surface area contributed by atoms with Gasteiger partial charge in [0.25, 0.3) is 5.91 Å². The van der Waals surface area contributed by atoms with Gasteiger partial charge in [-0.2, -0.15) is 0 Å². The van der Waals surface area contributed by atoms with E-state index in [-0.39, 0.29) is 5.91 Å². The number of amides is 1. The van der Waals surface area contributed by atoms with Crippen LogP contribution in [0.15, 0.2) is 18.2 Å². The monoisotopic (exact) mass is 279 g/mol. The summed E-state index contributed by atoms with van der Waals surface area (Å²) in [6.07, 6.45) is 0. The first-order valence-corrected chi connectivity index (χ1v) is 5.98. The fourth-order valence-electron chi connectivity index (χ4n) is 1.05. The van der Waals surface area contributed by atoms with E-state index in [0.29, 0.717) is 21.5 Å². The molecule has 0 aliphatic rings. The summed E-state index contributed by atoms with van der Waals surface area (Å²) >= 11 is 17.3. The van der Waals surface area contributed by atoms with Crippen molar-refractivity contribution in [3.8, 4) is 0 Å². The molecule has 2 nitrogen and oxygen atoms in total. The van der Waals surface area contributed by atoms with Crippen LogP contribution in [0.4, 0.5) is 0 Å². The van der Waals surface area contributed by atoms with Gasteiger partial charge in [-0.3, -0.25) is 4.79 Å². The van der Waals surface area contributed by atoms with Crippen LogP contribution in [-0.4, -0.2) is 17.3 Å². The molecule has 0 spiro atoms. The van der Waals surface area contributed by atoms with E-state index in [9.17, 15) is 4.79 Å². The minimum absolute atomic E-state index is 0.218. The van der Waals surface area contributed by atoms with Crippen molar-refractivity contribution >= 4 is 40.7 Å². The van der Waals surface area contributed by atoms with Crippen LogP contribution in [0.25, 0.3) is 0 Å². The molecule has 5 heteroatoms. The zero-order valence-corrected chi connectivity index (χ0v) is 11.2. The molecule has 0 heterocycles. The van der Waals surface area contributed by atoms with Crippen molar-refractivity contribution in [3.05, 3.63) is 33.8 Å². The Morgan fingerprint density at radius 3 is 2.44 bits per heavy atom. The number of alkyl halides is 1. The maximum atomic E-state index is 11.8. The highest BCUT2D eigenvalue weighted by Crippen LogP contribution is 2.22. The van der Waals surface area contributed by atoms with Gasteiger partial charge in [-0.1, -0.05) is 23.2 Å². The van der Waals surface area contributed by atoms with Crippen molar-refractivity contribution in [2.45, 2.75) is 19.4 Å². The zero-order chi connectivity index (χ0) is 12.3. The number of benzene rings is 1. The molecule has 0 bridgehead atoms.